The lowest BCUT2D eigenvalue weighted by Crippen LogP contribution is -2.29. The van der Waals surface area contributed by atoms with Crippen molar-refractivity contribution in [2.24, 2.45) is 5.73 Å². The molecule has 0 unspecified atom stereocenters. The van der Waals surface area contributed by atoms with E-state index >= 15 is 0 Å². The Morgan fingerprint density at radius 3 is 2.12 bits per heavy atom. The van der Waals surface area contributed by atoms with Gasteiger partial charge in [-0.25, -0.2) is 0 Å². The fourth-order valence-electron chi connectivity index (χ4n) is 3.00. The molecule has 2 atom stereocenters. The smallest absolute Gasteiger partial charge is 0.0595 e. The van der Waals surface area contributed by atoms with Crippen molar-refractivity contribution in [3.63, 3.8) is 0 Å². The summed E-state index contributed by atoms with van der Waals surface area (Å²) in [5.41, 5.74) is 8.62. The van der Waals surface area contributed by atoms with Gasteiger partial charge in [0.25, 0.3) is 0 Å². The van der Waals surface area contributed by atoms with E-state index in [2.05, 4.69) is 4.90 Å². The predicted octanol–water partition coefficient (Wildman–Crippen LogP) is 3.19. The highest BCUT2D eigenvalue weighted by molar-refractivity contribution is 6.42. The molecule has 17 heavy (non-hydrogen) atoms. The van der Waals surface area contributed by atoms with E-state index in [0.29, 0.717) is 22.1 Å². The molecular weight excluding hydrogens is 255 g/mol. The van der Waals surface area contributed by atoms with E-state index in [1.807, 2.05) is 12.1 Å². The molecule has 0 saturated heterocycles. The van der Waals surface area contributed by atoms with Crippen LogP contribution in [0.15, 0.2) is 12.1 Å². The van der Waals surface area contributed by atoms with Crippen LogP contribution >= 0.6 is 23.2 Å². The van der Waals surface area contributed by atoms with E-state index in [9.17, 15) is 0 Å². The second-order valence-electron chi connectivity index (χ2n) is 5.17. The molecule has 2 N–H and O–H groups in total. The molecule has 2 aliphatic rings. The molecule has 0 spiro atoms. The highest BCUT2D eigenvalue weighted by atomic mass is 35.5. The van der Waals surface area contributed by atoms with Crippen molar-refractivity contribution in [2.45, 2.75) is 44.4 Å². The van der Waals surface area contributed by atoms with E-state index in [1.165, 1.54) is 17.5 Å². The van der Waals surface area contributed by atoms with Crippen molar-refractivity contribution in [1.82, 2.24) is 4.90 Å². The summed E-state index contributed by atoms with van der Waals surface area (Å²) in [5, 5.41) is 1.32. The Bertz CT molecular complexity index is 416. The van der Waals surface area contributed by atoms with Gasteiger partial charge in [0.15, 0.2) is 0 Å². The number of benzene rings is 1. The Kier molecular flexibility index (Phi) is 3.07. The molecule has 0 amide bonds. The summed E-state index contributed by atoms with van der Waals surface area (Å²) in [7, 11) is 0. The monoisotopic (exact) mass is 270 g/mol. The Labute approximate surface area is 112 Å². The molecule has 1 aromatic carbocycles. The van der Waals surface area contributed by atoms with E-state index < -0.39 is 0 Å². The van der Waals surface area contributed by atoms with Gasteiger partial charge in [-0.05, 0) is 42.5 Å². The van der Waals surface area contributed by atoms with E-state index in [4.69, 9.17) is 28.9 Å². The third kappa shape index (κ3) is 2.19. The van der Waals surface area contributed by atoms with Gasteiger partial charge < -0.3 is 5.73 Å². The summed E-state index contributed by atoms with van der Waals surface area (Å²) in [5.74, 6) is 0. The number of nitrogens with two attached hydrogens (primary N) is 1. The van der Waals surface area contributed by atoms with Crippen LogP contribution in [0.3, 0.4) is 0 Å². The SMILES string of the molecule is N[C@@H]1CC[C@@H](N2Cc3cc(Cl)c(Cl)cc3C2)C1. The highest BCUT2D eigenvalue weighted by Gasteiger charge is 2.31. The molecule has 3 rings (SSSR count). The van der Waals surface area contributed by atoms with Crippen molar-refractivity contribution >= 4 is 23.2 Å². The molecule has 1 saturated carbocycles. The van der Waals surface area contributed by atoms with Gasteiger partial charge in [-0.1, -0.05) is 23.2 Å². The Balaban J connectivity index is 1.79. The normalized spacial score (nSPS) is 28.6. The maximum atomic E-state index is 6.05. The minimum Gasteiger partial charge on any atom is -0.328 e. The number of rotatable bonds is 1. The Hall–Kier alpha value is -0.280. The molecule has 0 radical (unpaired) electrons. The maximum Gasteiger partial charge on any atom is 0.0595 e. The van der Waals surface area contributed by atoms with Gasteiger partial charge in [0, 0.05) is 25.2 Å². The first-order valence-electron chi connectivity index (χ1n) is 6.10. The molecule has 1 heterocycles. The fourth-order valence-corrected chi connectivity index (χ4v) is 3.37. The first-order valence-corrected chi connectivity index (χ1v) is 6.85. The van der Waals surface area contributed by atoms with Crippen molar-refractivity contribution in [3.8, 4) is 0 Å². The molecular formula is C13H16Cl2N2. The molecule has 1 aromatic rings. The molecule has 1 fully saturated rings. The third-order valence-corrected chi connectivity index (χ3v) is 4.67. The number of hydrogen-bond acceptors (Lipinski definition) is 2. The van der Waals surface area contributed by atoms with Gasteiger partial charge in [0.2, 0.25) is 0 Å². The second kappa shape index (κ2) is 4.43. The lowest BCUT2D eigenvalue weighted by molar-refractivity contribution is 0.200. The maximum absolute atomic E-state index is 6.05. The standard InChI is InChI=1S/C13H16Cl2N2/c14-12-3-8-6-17(7-9(8)4-13(12)15)11-2-1-10(16)5-11/h3-4,10-11H,1-2,5-7,16H2/t10-,11-/m1/s1. The summed E-state index contributed by atoms with van der Waals surface area (Å²) >= 11 is 12.1. The predicted molar refractivity (Wildman–Crippen MR) is 71.3 cm³/mol. The number of nitrogens with zero attached hydrogens (tertiary/aromatic N) is 1. The summed E-state index contributed by atoms with van der Waals surface area (Å²) < 4.78 is 0. The third-order valence-electron chi connectivity index (χ3n) is 3.95. The molecule has 92 valence electrons. The van der Waals surface area contributed by atoms with Crippen LogP contribution < -0.4 is 5.73 Å². The highest BCUT2D eigenvalue weighted by Crippen LogP contribution is 2.35. The zero-order valence-corrected chi connectivity index (χ0v) is 11.1. The van der Waals surface area contributed by atoms with E-state index in [-0.39, 0.29) is 0 Å². The Morgan fingerprint density at radius 2 is 1.65 bits per heavy atom. The molecule has 1 aliphatic heterocycles. The van der Waals surface area contributed by atoms with Crippen molar-refractivity contribution in [3.05, 3.63) is 33.3 Å². The molecule has 0 aromatic heterocycles. The molecule has 2 nitrogen and oxygen atoms in total. The summed E-state index contributed by atoms with van der Waals surface area (Å²) in [6.45, 7) is 1.98. The summed E-state index contributed by atoms with van der Waals surface area (Å²) in [4.78, 5) is 2.50. The number of fused-ring (bicyclic) bond motifs is 1. The Morgan fingerprint density at radius 1 is 1.06 bits per heavy atom. The van der Waals surface area contributed by atoms with Gasteiger partial charge in [0.05, 0.1) is 10.0 Å². The van der Waals surface area contributed by atoms with Crippen molar-refractivity contribution in [2.75, 3.05) is 0 Å². The summed E-state index contributed by atoms with van der Waals surface area (Å²) in [6, 6.07) is 5.04. The zero-order chi connectivity index (χ0) is 12.0. The molecule has 4 heteroatoms. The van der Waals surface area contributed by atoms with Crippen LogP contribution in [0, 0.1) is 0 Å². The van der Waals surface area contributed by atoms with Crippen LogP contribution in [-0.2, 0) is 13.1 Å². The fraction of sp³-hybridized carbons (Fsp3) is 0.538. The van der Waals surface area contributed by atoms with Crippen LogP contribution in [0.4, 0.5) is 0 Å². The molecule has 0 bridgehead atoms. The first kappa shape index (κ1) is 11.8. The second-order valence-corrected chi connectivity index (χ2v) is 5.98. The van der Waals surface area contributed by atoms with Crippen LogP contribution in [-0.4, -0.2) is 17.0 Å². The lowest BCUT2D eigenvalue weighted by Gasteiger charge is -2.22. The van der Waals surface area contributed by atoms with E-state index in [0.717, 1.165) is 25.9 Å². The quantitative estimate of drug-likeness (QED) is 0.850. The summed E-state index contributed by atoms with van der Waals surface area (Å²) in [6.07, 6.45) is 3.49. The lowest BCUT2D eigenvalue weighted by atomic mass is 10.1. The topological polar surface area (TPSA) is 29.3 Å². The van der Waals surface area contributed by atoms with Gasteiger partial charge in [-0.3, -0.25) is 4.90 Å². The average Bonchev–Trinajstić information content (AvgIpc) is 2.85. The van der Waals surface area contributed by atoms with Crippen molar-refractivity contribution in [1.29, 1.82) is 0 Å². The van der Waals surface area contributed by atoms with Gasteiger partial charge >= 0.3 is 0 Å². The van der Waals surface area contributed by atoms with Crippen LogP contribution in [0.25, 0.3) is 0 Å². The number of halogens is 2. The van der Waals surface area contributed by atoms with Gasteiger partial charge in [-0.2, -0.15) is 0 Å². The van der Waals surface area contributed by atoms with Gasteiger partial charge in [0.1, 0.15) is 0 Å². The largest absolute Gasteiger partial charge is 0.328 e. The van der Waals surface area contributed by atoms with Crippen LogP contribution in [0.2, 0.25) is 10.0 Å². The minimum atomic E-state index is 0.385. The van der Waals surface area contributed by atoms with Crippen LogP contribution in [0.1, 0.15) is 30.4 Å². The molecule has 1 aliphatic carbocycles. The van der Waals surface area contributed by atoms with Crippen molar-refractivity contribution < 1.29 is 0 Å². The van der Waals surface area contributed by atoms with Gasteiger partial charge in [-0.15, -0.1) is 0 Å². The van der Waals surface area contributed by atoms with Crippen LogP contribution in [0.5, 0.6) is 0 Å². The van der Waals surface area contributed by atoms with E-state index in [1.54, 1.807) is 0 Å². The number of hydrogen-bond donors (Lipinski definition) is 1. The first-order chi connectivity index (χ1) is 8.13. The average molecular weight is 271 g/mol. The zero-order valence-electron chi connectivity index (χ0n) is 9.63. The minimum absolute atomic E-state index is 0.385.